The first kappa shape index (κ1) is 14.7. The molecule has 0 spiro atoms. The average molecular weight is 278 g/mol. The van der Waals surface area contributed by atoms with Crippen LogP contribution in [0.4, 0.5) is 5.69 Å². The number of anilines is 1. The number of nitrogens with one attached hydrogen (secondary N) is 1. The number of ether oxygens (including phenoxy) is 2. The maximum Gasteiger partial charge on any atom is 0.257 e. The molecule has 3 N–H and O–H groups in total. The molecule has 0 unspecified atom stereocenters. The molecule has 0 aromatic heterocycles. The molecule has 1 fully saturated rings. The highest BCUT2D eigenvalue weighted by Crippen LogP contribution is 2.48. The molecule has 0 radical (unpaired) electrons. The summed E-state index contributed by atoms with van der Waals surface area (Å²) in [6.07, 6.45) is 3.32. The normalized spacial score (nSPS) is 15.7. The fraction of sp³-hybridized carbons (Fsp3) is 0.533. The highest BCUT2D eigenvalue weighted by molar-refractivity contribution is 5.77. The van der Waals surface area contributed by atoms with Crippen molar-refractivity contribution in [3.8, 4) is 5.75 Å². The van der Waals surface area contributed by atoms with Crippen LogP contribution in [0.5, 0.6) is 5.75 Å². The Kier molecular flexibility index (Phi) is 4.84. The minimum absolute atomic E-state index is 0.0177. The first-order chi connectivity index (χ1) is 9.63. The largest absolute Gasteiger partial charge is 0.484 e. The van der Waals surface area contributed by atoms with Gasteiger partial charge in [-0.25, -0.2) is 0 Å². The van der Waals surface area contributed by atoms with E-state index in [1.165, 1.54) is 0 Å². The summed E-state index contributed by atoms with van der Waals surface area (Å²) in [6.45, 7) is 1.47. The van der Waals surface area contributed by atoms with Gasteiger partial charge in [0.1, 0.15) is 5.75 Å². The number of carbonyl (C=O) groups excluding carboxylic acids is 1. The van der Waals surface area contributed by atoms with Gasteiger partial charge >= 0.3 is 0 Å². The van der Waals surface area contributed by atoms with Crippen molar-refractivity contribution in [3.05, 3.63) is 24.3 Å². The predicted octanol–water partition coefficient (Wildman–Crippen LogP) is 1.58. The summed E-state index contributed by atoms with van der Waals surface area (Å²) < 4.78 is 10.5. The van der Waals surface area contributed by atoms with Crippen LogP contribution in [0, 0.1) is 5.41 Å². The van der Waals surface area contributed by atoms with E-state index in [0.29, 0.717) is 18.0 Å². The number of carbonyl (C=O) groups is 1. The molecule has 0 saturated heterocycles. The molecule has 110 valence electrons. The molecule has 1 saturated carbocycles. The van der Waals surface area contributed by atoms with Gasteiger partial charge in [0.15, 0.2) is 6.61 Å². The molecule has 5 nitrogen and oxygen atoms in total. The average Bonchev–Trinajstić information content (AvgIpc) is 3.21. The third-order valence-electron chi connectivity index (χ3n) is 3.68. The zero-order valence-electron chi connectivity index (χ0n) is 11.9. The van der Waals surface area contributed by atoms with Gasteiger partial charge in [0, 0.05) is 32.0 Å². The van der Waals surface area contributed by atoms with E-state index in [4.69, 9.17) is 15.2 Å². The molecular formula is C15H22N2O3. The molecule has 5 heteroatoms. The van der Waals surface area contributed by atoms with Crippen LogP contribution in [0.3, 0.4) is 0 Å². The molecule has 20 heavy (non-hydrogen) atoms. The van der Waals surface area contributed by atoms with Crippen LogP contribution in [-0.4, -0.2) is 32.8 Å². The molecule has 0 aliphatic heterocycles. The van der Waals surface area contributed by atoms with Gasteiger partial charge in [0.05, 0.1) is 0 Å². The van der Waals surface area contributed by atoms with Crippen molar-refractivity contribution in [2.75, 3.05) is 32.6 Å². The number of rotatable bonds is 8. The molecule has 2 rings (SSSR count). The van der Waals surface area contributed by atoms with Crippen LogP contribution < -0.4 is 15.8 Å². The van der Waals surface area contributed by atoms with E-state index >= 15 is 0 Å². The lowest BCUT2D eigenvalue weighted by atomic mass is 10.0. The quantitative estimate of drug-likeness (QED) is 0.708. The van der Waals surface area contributed by atoms with Gasteiger partial charge in [0.25, 0.3) is 5.91 Å². The monoisotopic (exact) mass is 278 g/mol. The summed E-state index contributed by atoms with van der Waals surface area (Å²) in [6, 6.07) is 7.06. The number of methoxy groups -OCH3 is 1. The highest BCUT2D eigenvalue weighted by Gasteiger charge is 2.42. The molecule has 1 aromatic rings. The maximum absolute atomic E-state index is 11.8. The predicted molar refractivity (Wildman–Crippen MR) is 77.5 cm³/mol. The van der Waals surface area contributed by atoms with E-state index in [1.54, 1.807) is 31.4 Å². The lowest BCUT2D eigenvalue weighted by molar-refractivity contribution is -0.123. The summed E-state index contributed by atoms with van der Waals surface area (Å²) in [7, 11) is 1.70. The van der Waals surface area contributed by atoms with Gasteiger partial charge in [-0.2, -0.15) is 0 Å². The summed E-state index contributed by atoms with van der Waals surface area (Å²) in [5, 5.41) is 2.93. The Hall–Kier alpha value is -1.75. The highest BCUT2D eigenvalue weighted by atomic mass is 16.5. The van der Waals surface area contributed by atoms with Crippen LogP contribution in [0.15, 0.2) is 24.3 Å². The second-order valence-electron chi connectivity index (χ2n) is 5.38. The molecule has 1 amide bonds. The lowest BCUT2D eigenvalue weighted by Crippen LogP contribution is -2.34. The van der Waals surface area contributed by atoms with E-state index in [9.17, 15) is 4.79 Å². The summed E-state index contributed by atoms with van der Waals surface area (Å²) >= 11 is 0. The van der Waals surface area contributed by atoms with Crippen LogP contribution in [0.2, 0.25) is 0 Å². The molecule has 0 heterocycles. The Morgan fingerprint density at radius 3 is 2.90 bits per heavy atom. The van der Waals surface area contributed by atoms with Gasteiger partial charge in [0.2, 0.25) is 0 Å². The van der Waals surface area contributed by atoms with E-state index in [1.807, 2.05) is 0 Å². The zero-order chi connectivity index (χ0) is 14.4. The van der Waals surface area contributed by atoms with Crippen molar-refractivity contribution in [1.29, 1.82) is 0 Å². The van der Waals surface area contributed by atoms with E-state index in [-0.39, 0.29) is 17.9 Å². The maximum atomic E-state index is 11.8. The fourth-order valence-corrected chi connectivity index (χ4v) is 2.10. The minimum atomic E-state index is -0.101. The number of benzene rings is 1. The smallest absolute Gasteiger partial charge is 0.257 e. The van der Waals surface area contributed by atoms with Crippen molar-refractivity contribution in [3.63, 3.8) is 0 Å². The Balaban J connectivity index is 1.68. The Morgan fingerprint density at radius 2 is 2.25 bits per heavy atom. The van der Waals surface area contributed by atoms with Crippen LogP contribution in [0.1, 0.15) is 19.3 Å². The lowest BCUT2D eigenvalue weighted by Gasteiger charge is -2.15. The topological polar surface area (TPSA) is 73.6 Å². The standard InChI is InChI=1S/C15H22N2O3/c1-19-8-7-15(5-6-15)11-17-14(18)10-20-13-4-2-3-12(16)9-13/h2-4,9H,5-8,10-11,16H2,1H3,(H,17,18). The van der Waals surface area contributed by atoms with Crippen LogP contribution in [-0.2, 0) is 9.53 Å². The SMILES string of the molecule is COCCC1(CNC(=O)COc2cccc(N)c2)CC1. The van der Waals surface area contributed by atoms with Gasteiger partial charge in [-0.1, -0.05) is 6.07 Å². The Labute approximate surface area is 119 Å². The van der Waals surface area contributed by atoms with E-state index < -0.39 is 0 Å². The van der Waals surface area contributed by atoms with E-state index in [0.717, 1.165) is 25.9 Å². The van der Waals surface area contributed by atoms with Crippen molar-refractivity contribution in [2.24, 2.45) is 5.41 Å². The van der Waals surface area contributed by atoms with Crippen LogP contribution >= 0.6 is 0 Å². The second-order valence-corrected chi connectivity index (χ2v) is 5.38. The van der Waals surface area contributed by atoms with Crippen LogP contribution in [0.25, 0.3) is 0 Å². The number of hydrogen-bond donors (Lipinski definition) is 2. The summed E-state index contributed by atoms with van der Waals surface area (Å²) in [5.41, 5.74) is 6.52. The van der Waals surface area contributed by atoms with Gasteiger partial charge in [-0.15, -0.1) is 0 Å². The van der Waals surface area contributed by atoms with Gasteiger partial charge < -0.3 is 20.5 Å². The van der Waals surface area contributed by atoms with Crippen molar-refractivity contribution < 1.29 is 14.3 Å². The Morgan fingerprint density at radius 1 is 1.45 bits per heavy atom. The molecule has 1 aromatic carbocycles. The summed E-state index contributed by atoms with van der Waals surface area (Å²) in [5.74, 6) is 0.511. The summed E-state index contributed by atoms with van der Waals surface area (Å²) in [4.78, 5) is 11.8. The number of hydrogen-bond acceptors (Lipinski definition) is 4. The molecule has 0 bridgehead atoms. The van der Waals surface area contributed by atoms with Gasteiger partial charge in [-0.3, -0.25) is 4.79 Å². The molecule has 1 aliphatic carbocycles. The van der Waals surface area contributed by atoms with Crippen molar-refractivity contribution in [2.45, 2.75) is 19.3 Å². The first-order valence-electron chi connectivity index (χ1n) is 6.88. The molecular weight excluding hydrogens is 256 g/mol. The number of nitrogens with two attached hydrogens (primary N) is 1. The fourth-order valence-electron chi connectivity index (χ4n) is 2.10. The van der Waals surface area contributed by atoms with E-state index in [2.05, 4.69) is 5.32 Å². The van der Waals surface area contributed by atoms with Gasteiger partial charge in [-0.05, 0) is 36.8 Å². The first-order valence-corrected chi connectivity index (χ1v) is 6.88. The molecule has 1 aliphatic rings. The third-order valence-corrected chi connectivity index (χ3v) is 3.68. The minimum Gasteiger partial charge on any atom is -0.484 e. The number of nitrogen functional groups attached to an aromatic ring is 1. The van der Waals surface area contributed by atoms with Crippen molar-refractivity contribution >= 4 is 11.6 Å². The second kappa shape index (κ2) is 6.61. The third kappa shape index (κ3) is 4.42. The molecule has 0 atom stereocenters. The number of amides is 1. The zero-order valence-corrected chi connectivity index (χ0v) is 11.9. The van der Waals surface area contributed by atoms with Crippen molar-refractivity contribution in [1.82, 2.24) is 5.32 Å². The Bertz CT molecular complexity index is 458.